The van der Waals surface area contributed by atoms with Gasteiger partial charge in [0.1, 0.15) is 6.10 Å². The molecule has 1 saturated heterocycles. The topological polar surface area (TPSA) is 97.3 Å². The summed E-state index contributed by atoms with van der Waals surface area (Å²) < 4.78 is 14.4. The molecule has 6 atom stereocenters. The summed E-state index contributed by atoms with van der Waals surface area (Å²) in [5.41, 5.74) is 1.64. The Labute approximate surface area is 262 Å². The molecule has 8 heteroatoms. The number of hydrogen-bond acceptors (Lipinski definition) is 6. The van der Waals surface area contributed by atoms with Crippen molar-refractivity contribution in [2.24, 2.45) is 10.8 Å². The first-order valence-corrected chi connectivity index (χ1v) is 17.1. The van der Waals surface area contributed by atoms with E-state index in [-0.39, 0.29) is 35.7 Å². The van der Waals surface area contributed by atoms with Crippen LogP contribution in [0.2, 0.25) is 0 Å². The van der Waals surface area contributed by atoms with E-state index in [1.165, 1.54) is 0 Å². The molecule has 6 unspecified atom stereocenters. The van der Waals surface area contributed by atoms with E-state index in [2.05, 4.69) is 42.4 Å². The zero-order valence-electron chi connectivity index (χ0n) is 27.2. The molecule has 1 fully saturated rings. The minimum absolute atomic E-state index is 0. The first kappa shape index (κ1) is 38.9. The van der Waals surface area contributed by atoms with Gasteiger partial charge in [-0.25, -0.2) is 8.67 Å². The third kappa shape index (κ3) is 6.47. The van der Waals surface area contributed by atoms with E-state index >= 15 is 0 Å². The lowest BCUT2D eigenvalue weighted by Gasteiger charge is -2.41. The minimum Gasteiger partial charge on any atom is -0.672 e. The van der Waals surface area contributed by atoms with Crippen LogP contribution in [0.1, 0.15) is 121 Å². The van der Waals surface area contributed by atoms with Crippen molar-refractivity contribution in [2.75, 3.05) is 0 Å². The fraction of sp³-hybridized carbons (Fsp3) is 0.647. The summed E-state index contributed by atoms with van der Waals surface area (Å²) in [4.78, 5) is 1.94. The maximum Gasteiger partial charge on any atom is 0.195 e. The summed E-state index contributed by atoms with van der Waals surface area (Å²) in [6.45, 7) is 26.6. The van der Waals surface area contributed by atoms with Crippen LogP contribution in [0.3, 0.4) is 0 Å². The molecule has 5 rings (SSSR count). The largest absolute Gasteiger partial charge is 0.672 e. The number of hydrogen-bond donors (Lipinski definition) is 1. The van der Waals surface area contributed by atoms with E-state index < -0.39 is 38.6 Å². The van der Waals surface area contributed by atoms with Gasteiger partial charge in [0.15, 0.2) is 41.6 Å². The van der Waals surface area contributed by atoms with E-state index in [0.717, 1.165) is 20.9 Å². The highest BCUT2D eigenvalue weighted by molar-refractivity contribution is 7.94. The molecule has 3 aliphatic heterocycles. The average Bonchev–Trinajstić information content (AvgIpc) is 3.77. The summed E-state index contributed by atoms with van der Waals surface area (Å²) >= 11 is -1.63. The molecule has 0 aromatic heterocycles. The molecule has 0 aliphatic carbocycles. The van der Waals surface area contributed by atoms with Crippen LogP contribution >= 0.6 is 0 Å². The Kier molecular flexibility index (Phi) is 13.7. The molecule has 6 nitrogen and oxygen atoms in total. The van der Waals surface area contributed by atoms with Crippen molar-refractivity contribution in [3.63, 3.8) is 0 Å². The molecule has 3 heterocycles. The van der Waals surface area contributed by atoms with Crippen LogP contribution in [0.15, 0.2) is 58.3 Å². The highest BCUT2D eigenvalue weighted by Crippen LogP contribution is 2.60. The second kappa shape index (κ2) is 14.8. The molecular formula is C34H56O6S2. The Morgan fingerprint density at radius 2 is 1.07 bits per heavy atom. The lowest BCUT2D eigenvalue weighted by Crippen LogP contribution is -2.53. The molecule has 0 saturated carbocycles. The van der Waals surface area contributed by atoms with Gasteiger partial charge in [0.2, 0.25) is 0 Å². The van der Waals surface area contributed by atoms with Crippen molar-refractivity contribution in [1.29, 1.82) is 0 Å². The van der Waals surface area contributed by atoms with E-state index in [4.69, 9.17) is 4.74 Å². The number of aliphatic hydroxyl groups excluding tert-OH is 1. The molecule has 2 aromatic carbocycles. The first-order valence-electron chi connectivity index (χ1n) is 14.8. The van der Waals surface area contributed by atoms with Crippen LogP contribution in [-0.2, 0) is 35.8 Å². The zero-order valence-corrected chi connectivity index (χ0v) is 28.9. The van der Waals surface area contributed by atoms with Gasteiger partial charge in [0, 0.05) is 27.9 Å². The van der Waals surface area contributed by atoms with Gasteiger partial charge in [-0.15, -0.1) is 0 Å². The predicted molar refractivity (Wildman–Crippen MR) is 173 cm³/mol. The maximum atomic E-state index is 11.3. The number of benzene rings is 2. The van der Waals surface area contributed by atoms with E-state index in [1.54, 1.807) is 0 Å². The third-order valence-corrected chi connectivity index (χ3v) is 14.3. The standard InChI is InChI=1S/C15H22O3S.C14H18O3S.2C2H6.CH4/c1-10-11-8-6-7-9-12(11)19(18-17)15(4,5)14(2,3)13(10)16;1-13(2)12-11(16-12)9-7-5-6-8-10(9)18(17-15)14(13,3)4;2*1-2;/h6-10,13,16H,1-5H3;5-8,11-12H,1-4H3;2*1-2H3;1H4. The van der Waals surface area contributed by atoms with Crippen LogP contribution in [0.4, 0.5) is 0 Å². The molecule has 0 bridgehead atoms. The smallest absolute Gasteiger partial charge is 0.195 e. The number of aliphatic hydroxyl groups is 1. The lowest BCUT2D eigenvalue weighted by atomic mass is 9.70. The minimum atomic E-state index is -0.881. The van der Waals surface area contributed by atoms with Crippen LogP contribution in [-0.4, -0.2) is 26.8 Å². The summed E-state index contributed by atoms with van der Waals surface area (Å²) in [7, 11) is 0. The van der Waals surface area contributed by atoms with Crippen molar-refractivity contribution in [2.45, 2.75) is 141 Å². The molecule has 3 aliphatic rings. The summed E-state index contributed by atoms with van der Waals surface area (Å²) in [6.07, 6.45) is -0.208. The van der Waals surface area contributed by atoms with Gasteiger partial charge in [-0.2, -0.15) is 0 Å². The van der Waals surface area contributed by atoms with Crippen molar-refractivity contribution in [1.82, 2.24) is 0 Å². The van der Waals surface area contributed by atoms with Crippen LogP contribution in [0, 0.1) is 10.8 Å². The van der Waals surface area contributed by atoms with Crippen LogP contribution in [0.25, 0.3) is 0 Å². The Morgan fingerprint density at radius 1 is 0.690 bits per heavy atom. The van der Waals surface area contributed by atoms with Gasteiger partial charge >= 0.3 is 0 Å². The second-order valence-electron chi connectivity index (χ2n) is 12.4. The number of fused-ring (bicyclic) bond motifs is 4. The quantitative estimate of drug-likeness (QED) is 0.168. The van der Waals surface area contributed by atoms with Gasteiger partial charge in [0.05, 0.1) is 12.2 Å². The van der Waals surface area contributed by atoms with Gasteiger partial charge in [-0.1, -0.05) is 106 Å². The lowest BCUT2D eigenvalue weighted by molar-refractivity contribution is -0.633. The van der Waals surface area contributed by atoms with Crippen molar-refractivity contribution in [3.8, 4) is 0 Å². The van der Waals surface area contributed by atoms with Crippen molar-refractivity contribution < 1.29 is 29.0 Å². The highest BCUT2D eigenvalue weighted by Gasteiger charge is 2.68. The summed E-state index contributed by atoms with van der Waals surface area (Å²) in [5.74, 6) is -0.0156. The van der Waals surface area contributed by atoms with Gasteiger partial charge in [0.25, 0.3) is 0 Å². The van der Waals surface area contributed by atoms with E-state index in [0.29, 0.717) is 0 Å². The first-order chi connectivity index (χ1) is 19.2. The van der Waals surface area contributed by atoms with Crippen LogP contribution < -0.4 is 10.5 Å². The Hall–Kier alpha value is -1.10. The SMILES string of the molecule is C.CC.CC.CC1(C)C2OC2c2ccccc2[S+](O[O-])C1(C)C.CC1c2ccccc2[S+](O[O-])C(C)(C)C(C)(C)C1O. The van der Waals surface area contributed by atoms with Gasteiger partial charge < -0.3 is 20.4 Å². The molecule has 2 aromatic rings. The fourth-order valence-electron chi connectivity index (χ4n) is 5.57. The fourth-order valence-corrected chi connectivity index (χ4v) is 9.62. The molecule has 0 amide bonds. The molecule has 0 radical (unpaired) electrons. The molecule has 240 valence electrons. The maximum absolute atomic E-state index is 11.3. The average molecular weight is 625 g/mol. The van der Waals surface area contributed by atoms with E-state index in [1.807, 2.05) is 105 Å². The van der Waals surface area contributed by atoms with E-state index in [9.17, 15) is 15.6 Å². The summed E-state index contributed by atoms with van der Waals surface area (Å²) in [5, 5.41) is 33.4. The number of ether oxygens (including phenoxy) is 1. The monoisotopic (exact) mass is 624 g/mol. The molecule has 1 N–H and O–H groups in total. The molecular weight excluding hydrogens is 569 g/mol. The summed E-state index contributed by atoms with van der Waals surface area (Å²) in [6, 6.07) is 15.8. The van der Waals surface area contributed by atoms with Gasteiger partial charge in [-0.3, -0.25) is 0 Å². The van der Waals surface area contributed by atoms with Crippen molar-refractivity contribution >= 4 is 22.4 Å². The van der Waals surface area contributed by atoms with Crippen LogP contribution in [0.5, 0.6) is 0 Å². The predicted octanol–water partition coefficient (Wildman–Crippen LogP) is 6.97. The number of epoxide rings is 1. The Morgan fingerprint density at radius 3 is 1.52 bits per heavy atom. The Bertz CT molecular complexity index is 1130. The second-order valence-corrected chi connectivity index (χ2v) is 16.7. The van der Waals surface area contributed by atoms with Crippen molar-refractivity contribution in [3.05, 3.63) is 59.7 Å². The third-order valence-electron chi connectivity index (χ3n) is 9.62. The number of rotatable bonds is 2. The normalized spacial score (nSPS) is 30.1. The molecule has 42 heavy (non-hydrogen) atoms. The molecule has 0 spiro atoms. The zero-order chi connectivity index (χ0) is 31.6. The van der Waals surface area contributed by atoms with Gasteiger partial charge in [-0.05, 0) is 39.8 Å². The Balaban J connectivity index is 0.000000368. The highest BCUT2D eigenvalue weighted by atomic mass is 32.2.